The molecule has 1 fully saturated rings. The summed E-state index contributed by atoms with van der Waals surface area (Å²) in [7, 11) is 2.14. The van der Waals surface area contributed by atoms with Gasteiger partial charge in [0.25, 0.3) is 0 Å². The molecule has 0 unspecified atom stereocenters. The van der Waals surface area contributed by atoms with Gasteiger partial charge in [0.15, 0.2) is 0 Å². The average molecular weight is 477 g/mol. The van der Waals surface area contributed by atoms with Crippen LogP contribution in [-0.2, 0) is 9.59 Å². The zero-order chi connectivity index (χ0) is 23.3. The first kappa shape index (κ1) is 23.8. The van der Waals surface area contributed by atoms with Crippen molar-refractivity contribution in [2.75, 3.05) is 33.2 Å². The Morgan fingerprint density at radius 1 is 1.03 bits per heavy atom. The number of halogens is 2. The van der Waals surface area contributed by atoms with Gasteiger partial charge in [-0.15, -0.1) is 0 Å². The van der Waals surface area contributed by atoms with E-state index >= 15 is 0 Å². The van der Waals surface area contributed by atoms with Crippen LogP contribution in [0.5, 0.6) is 0 Å². The van der Waals surface area contributed by atoms with Gasteiger partial charge < -0.3 is 20.0 Å². The largest absolute Gasteiger partial charge is 0.478 e. The predicted molar refractivity (Wildman–Crippen MR) is 123 cm³/mol. The second-order valence-electron chi connectivity index (χ2n) is 7.23. The minimum atomic E-state index is -1.26. The Morgan fingerprint density at radius 3 is 2.28 bits per heavy atom. The van der Waals surface area contributed by atoms with Gasteiger partial charge in [-0.3, -0.25) is 0 Å². The highest BCUT2D eigenvalue weighted by molar-refractivity contribution is 7.99. The van der Waals surface area contributed by atoms with E-state index in [9.17, 15) is 14.0 Å². The Kier molecular flexibility index (Phi) is 7.95. The average Bonchev–Trinajstić information content (AvgIpc) is 2.90. The Hall–Kier alpha value is -2.81. The van der Waals surface area contributed by atoms with Crippen LogP contribution in [-0.4, -0.2) is 65.2 Å². The SMILES string of the molecule is CN1CCN(C2=Cc3ccccc3Sc3cc(Cl)c(F)cc32)CC1.O=C(O)/C=C/C(=O)O. The number of hydrogen-bond donors (Lipinski definition) is 2. The van der Waals surface area contributed by atoms with Crippen molar-refractivity contribution in [2.24, 2.45) is 0 Å². The van der Waals surface area contributed by atoms with E-state index in [2.05, 4.69) is 35.1 Å². The van der Waals surface area contributed by atoms with Crippen molar-refractivity contribution in [3.63, 3.8) is 0 Å². The molecule has 1 saturated heterocycles. The fourth-order valence-corrected chi connectivity index (χ4v) is 4.61. The molecule has 4 rings (SSSR count). The fraction of sp³-hybridized carbons (Fsp3) is 0.217. The summed E-state index contributed by atoms with van der Waals surface area (Å²) in [6, 6.07) is 11.6. The van der Waals surface area contributed by atoms with Crippen molar-refractivity contribution >= 4 is 47.1 Å². The van der Waals surface area contributed by atoms with Crippen LogP contribution in [0.4, 0.5) is 4.39 Å². The molecular weight excluding hydrogens is 455 g/mol. The van der Waals surface area contributed by atoms with Gasteiger partial charge >= 0.3 is 11.9 Å². The molecule has 0 radical (unpaired) electrons. The monoisotopic (exact) mass is 476 g/mol. The molecule has 32 heavy (non-hydrogen) atoms. The van der Waals surface area contributed by atoms with Gasteiger partial charge in [-0.2, -0.15) is 0 Å². The van der Waals surface area contributed by atoms with Crippen LogP contribution < -0.4 is 0 Å². The number of benzene rings is 2. The fourth-order valence-electron chi connectivity index (χ4n) is 3.30. The zero-order valence-corrected chi connectivity index (χ0v) is 18.9. The Morgan fingerprint density at radius 2 is 1.66 bits per heavy atom. The standard InChI is InChI=1S/C19H18ClFN2S.C4H4O4/c1-22-6-8-23(9-7-22)17-10-13-4-2-3-5-18(13)24-19-12-15(20)16(21)11-14(17)19;5-3(6)1-2-4(7)8/h2-5,10-12H,6-9H2,1H3;1-2H,(H,5,6)(H,7,8)/b;2-1+. The third kappa shape index (κ3) is 6.12. The summed E-state index contributed by atoms with van der Waals surface area (Å²) in [4.78, 5) is 26.0. The molecule has 0 amide bonds. The van der Waals surface area contributed by atoms with Crippen LogP contribution in [0.2, 0.25) is 5.02 Å². The second kappa shape index (κ2) is 10.7. The minimum Gasteiger partial charge on any atom is -0.478 e. The summed E-state index contributed by atoms with van der Waals surface area (Å²) in [6.45, 7) is 3.91. The molecule has 0 bridgehead atoms. The first-order valence-electron chi connectivity index (χ1n) is 9.80. The summed E-state index contributed by atoms with van der Waals surface area (Å²) < 4.78 is 14.2. The lowest BCUT2D eigenvalue weighted by Gasteiger charge is -2.36. The molecule has 2 aromatic carbocycles. The Balaban J connectivity index is 0.000000312. The predicted octanol–water partition coefficient (Wildman–Crippen LogP) is 4.40. The molecule has 2 aliphatic heterocycles. The van der Waals surface area contributed by atoms with Crippen LogP contribution in [0.15, 0.2) is 58.3 Å². The lowest BCUT2D eigenvalue weighted by Crippen LogP contribution is -2.43. The van der Waals surface area contributed by atoms with E-state index in [1.54, 1.807) is 23.9 Å². The van der Waals surface area contributed by atoms with Crippen LogP contribution in [0.3, 0.4) is 0 Å². The molecule has 0 atom stereocenters. The number of aliphatic carboxylic acids is 2. The highest BCUT2D eigenvalue weighted by Gasteiger charge is 2.24. The number of carbonyl (C=O) groups is 2. The highest BCUT2D eigenvalue weighted by atomic mass is 35.5. The molecule has 2 aromatic rings. The van der Waals surface area contributed by atoms with Gasteiger partial charge in [-0.25, -0.2) is 14.0 Å². The van der Waals surface area contributed by atoms with Gasteiger partial charge in [-0.05, 0) is 36.9 Å². The molecule has 2 heterocycles. The smallest absolute Gasteiger partial charge is 0.328 e. The zero-order valence-electron chi connectivity index (χ0n) is 17.3. The Bertz CT molecular complexity index is 1070. The summed E-state index contributed by atoms with van der Waals surface area (Å²) in [5.74, 6) is -2.87. The summed E-state index contributed by atoms with van der Waals surface area (Å²) >= 11 is 7.70. The number of piperazine rings is 1. The molecule has 9 heteroatoms. The van der Waals surface area contributed by atoms with E-state index in [-0.39, 0.29) is 10.8 Å². The number of carboxylic acids is 2. The summed E-state index contributed by atoms with van der Waals surface area (Å²) in [5, 5.41) is 15.8. The minimum absolute atomic E-state index is 0.179. The van der Waals surface area contributed by atoms with Gasteiger partial charge in [0, 0.05) is 59.4 Å². The van der Waals surface area contributed by atoms with E-state index in [1.165, 1.54) is 10.5 Å². The maximum Gasteiger partial charge on any atom is 0.328 e. The van der Waals surface area contributed by atoms with E-state index in [1.807, 2.05) is 12.1 Å². The van der Waals surface area contributed by atoms with Crippen LogP contribution in [0.1, 0.15) is 11.1 Å². The first-order valence-corrected chi connectivity index (χ1v) is 11.0. The molecule has 0 aromatic heterocycles. The van der Waals surface area contributed by atoms with E-state index in [0.29, 0.717) is 12.2 Å². The Labute approximate surface area is 194 Å². The van der Waals surface area contributed by atoms with Gasteiger partial charge in [0.2, 0.25) is 0 Å². The van der Waals surface area contributed by atoms with E-state index < -0.39 is 11.9 Å². The van der Waals surface area contributed by atoms with Crippen LogP contribution >= 0.6 is 23.4 Å². The third-order valence-electron chi connectivity index (χ3n) is 4.94. The number of rotatable bonds is 3. The number of hydrogen-bond acceptors (Lipinski definition) is 5. The number of likely N-dealkylation sites (N-methyl/N-ethyl adjacent to an activating group) is 1. The van der Waals surface area contributed by atoms with Crippen molar-refractivity contribution in [3.05, 3.63) is 70.5 Å². The molecule has 0 aliphatic carbocycles. The quantitative estimate of drug-likeness (QED) is 0.635. The van der Waals surface area contributed by atoms with Gasteiger partial charge in [0.1, 0.15) is 5.82 Å². The van der Waals surface area contributed by atoms with Crippen molar-refractivity contribution in [3.8, 4) is 0 Å². The molecule has 6 nitrogen and oxygen atoms in total. The second-order valence-corrected chi connectivity index (χ2v) is 8.72. The maximum atomic E-state index is 14.2. The van der Waals surface area contributed by atoms with Gasteiger partial charge in [0.05, 0.1) is 5.02 Å². The normalized spacial score (nSPS) is 15.7. The topological polar surface area (TPSA) is 81.1 Å². The van der Waals surface area contributed by atoms with Crippen LogP contribution in [0.25, 0.3) is 11.8 Å². The third-order valence-corrected chi connectivity index (χ3v) is 6.38. The molecular formula is C23H22ClFN2O4S. The number of carboxylic acid groups (broad SMARTS) is 2. The van der Waals surface area contributed by atoms with Gasteiger partial charge in [-0.1, -0.05) is 41.6 Å². The molecule has 0 saturated carbocycles. The molecule has 2 N–H and O–H groups in total. The van der Waals surface area contributed by atoms with Crippen molar-refractivity contribution in [1.29, 1.82) is 0 Å². The van der Waals surface area contributed by atoms with E-state index in [0.717, 1.165) is 42.3 Å². The number of nitrogens with zero attached hydrogens (tertiary/aromatic N) is 2. The summed E-state index contributed by atoms with van der Waals surface area (Å²) in [5.41, 5.74) is 3.19. The summed E-state index contributed by atoms with van der Waals surface area (Å²) in [6.07, 6.45) is 3.30. The highest BCUT2D eigenvalue weighted by Crippen LogP contribution is 2.43. The van der Waals surface area contributed by atoms with Crippen LogP contribution in [0, 0.1) is 5.82 Å². The molecule has 0 spiro atoms. The molecule has 2 aliphatic rings. The lowest BCUT2D eigenvalue weighted by molar-refractivity contribution is -0.134. The van der Waals surface area contributed by atoms with E-state index in [4.69, 9.17) is 21.8 Å². The van der Waals surface area contributed by atoms with Crippen molar-refractivity contribution in [1.82, 2.24) is 9.80 Å². The lowest BCUT2D eigenvalue weighted by atomic mass is 10.1. The maximum absolute atomic E-state index is 14.2. The van der Waals surface area contributed by atoms with Crippen molar-refractivity contribution < 1.29 is 24.2 Å². The first-order chi connectivity index (χ1) is 15.2. The molecule has 168 valence electrons. The number of fused-ring (bicyclic) bond motifs is 2. The van der Waals surface area contributed by atoms with Crippen molar-refractivity contribution in [2.45, 2.75) is 9.79 Å².